The molecule has 3 rings (SSSR count). The summed E-state index contributed by atoms with van der Waals surface area (Å²) in [4.78, 5) is 73.1. The van der Waals surface area contributed by atoms with Crippen LogP contribution in [0.2, 0.25) is 0 Å². The monoisotopic (exact) mass is 1240 g/mol. The SMILES string of the molecule is C#CP(=O)(Nc1cc(COC(=O)Oc2ccc([N+](=O)[O-])cc2)ccc1O[C@@H]1OC(C(=O)OC)[C@H](OC(C)=O)[C@H](OC(C)=O)C1OC(C)=O)OCCOCCOCCOCCOCCOCCOCCOCCOCCOCCOCCOCCO. The van der Waals surface area contributed by atoms with Crippen LogP contribution in [0.1, 0.15) is 26.3 Å². The fourth-order valence-electron chi connectivity index (χ4n) is 6.91. The van der Waals surface area contributed by atoms with E-state index < -0.39 is 79.8 Å². The van der Waals surface area contributed by atoms with E-state index in [9.17, 15) is 38.7 Å². The van der Waals surface area contributed by atoms with Crippen molar-refractivity contribution in [2.45, 2.75) is 58.1 Å². The summed E-state index contributed by atoms with van der Waals surface area (Å²) < 4.78 is 123. The average Bonchev–Trinajstić information content (AvgIpc) is 2.89. The Morgan fingerprint density at radius 1 is 0.612 bits per heavy atom. The second-order valence-electron chi connectivity index (χ2n) is 17.1. The second-order valence-corrected chi connectivity index (χ2v) is 18.9. The highest BCUT2D eigenvalue weighted by molar-refractivity contribution is 7.65. The predicted molar refractivity (Wildman–Crippen MR) is 290 cm³/mol. The molecule has 2 aromatic carbocycles. The van der Waals surface area contributed by atoms with Crippen LogP contribution in [0.3, 0.4) is 0 Å². The van der Waals surface area contributed by atoms with E-state index in [1.165, 1.54) is 30.3 Å². The fourth-order valence-corrected chi connectivity index (χ4v) is 7.94. The number of aliphatic hydroxyl groups is 1. The minimum Gasteiger partial charge on any atom is -0.467 e. The van der Waals surface area contributed by atoms with Crippen LogP contribution in [0.15, 0.2) is 42.5 Å². The summed E-state index contributed by atoms with van der Waals surface area (Å²) in [5.74, 6) is -4.25. The molecule has 85 heavy (non-hydrogen) atoms. The van der Waals surface area contributed by atoms with Crippen molar-refractivity contribution in [2.75, 3.05) is 171 Å². The summed E-state index contributed by atoms with van der Waals surface area (Å²) in [6.07, 6.45) is -4.34. The van der Waals surface area contributed by atoms with Gasteiger partial charge in [0.25, 0.3) is 5.69 Å². The van der Waals surface area contributed by atoms with Gasteiger partial charge in [-0.15, -0.1) is 6.42 Å². The van der Waals surface area contributed by atoms with Gasteiger partial charge in [0.1, 0.15) is 18.1 Å². The Balaban J connectivity index is 1.39. The molecule has 2 N–H and O–H groups in total. The Bertz CT molecular complexity index is 2340. The third kappa shape index (κ3) is 32.2. The van der Waals surface area contributed by atoms with Crippen LogP contribution in [0.25, 0.3) is 0 Å². The summed E-state index contributed by atoms with van der Waals surface area (Å²) in [6.45, 7) is 10.00. The van der Waals surface area contributed by atoms with Crippen LogP contribution in [-0.4, -0.2) is 236 Å². The molecule has 32 heteroatoms. The van der Waals surface area contributed by atoms with Gasteiger partial charge in [0, 0.05) is 38.6 Å². The van der Waals surface area contributed by atoms with E-state index in [1.807, 2.05) is 0 Å². The number of nitro groups is 1. The topological polar surface area (TPSA) is 362 Å². The maximum Gasteiger partial charge on any atom is 0.514 e. The number of nitro benzene ring substituents is 1. The number of rotatable bonds is 48. The highest BCUT2D eigenvalue weighted by Crippen LogP contribution is 2.48. The number of terminal acetylenes is 1. The van der Waals surface area contributed by atoms with E-state index in [-0.39, 0.29) is 68.1 Å². The van der Waals surface area contributed by atoms with Crippen molar-refractivity contribution in [3.63, 3.8) is 0 Å². The van der Waals surface area contributed by atoms with Gasteiger partial charge < -0.3 is 105 Å². The van der Waals surface area contributed by atoms with Crippen LogP contribution >= 0.6 is 7.52 Å². The quantitative estimate of drug-likeness (QED) is 0.0141. The van der Waals surface area contributed by atoms with Gasteiger partial charge in [0.15, 0.2) is 18.3 Å². The predicted octanol–water partition coefficient (Wildman–Crippen LogP) is 2.77. The van der Waals surface area contributed by atoms with Gasteiger partial charge in [-0.25, -0.2) is 9.59 Å². The number of hydrogen-bond acceptors (Lipinski definition) is 29. The zero-order valence-corrected chi connectivity index (χ0v) is 48.9. The molecule has 31 nitrogen and oxygen atoms in total. The largest absolute Gasteiger partial charge is 0.514 e. The summed E-state index contributed by atoms with van der Waals surface area (Å²) >= 11 is 0. The number of hydrogen-bond donors (Lipinski definition) is 2. The number of carbonyl (C=O) groups is 5. The molecule has 1 aliphatic heterocycles. The molecule has 0 aliphatic carbocycles. The van der Waals surface area contributed by atoms with Crippen LogP contribution in [0.5, 0.6) is 11.5 Å². The fraction of sp³-hybridized carbons (Fsp3) is 0.642. The van der Waals surface area contributed by atoms with E-state index in [4.69, 9.17) is 106 Å². The van der Waals surface area contributed by atoms with Crippen molar-refractivity contribution in [3.8, 4) is 23.6 Å². The number of nitrogens with zero attached hydrogens (tertiary/aromatic N) is 1. The minimum absolute atomic E-state index is 0.00769. The van der Waals surface area contributed by atoms with Gasteiger partial charge in [0.2, 0.25) is 12.4 Å². The third-order valence-electron chi connectivity index (χ3n) is 10.6. The molecular formula is C53H77N2O29P. The number of esters is 4. The molecule has 1 aliphatic rings. The molecule has 2 aromatic rings. The lowest BCUT2D eigenvalue weighted by Crippen LogP contribution is -2.64. The Kier molecular flexibility index (Phi) is 38.1. The molecular weight excluding hydrogens is 1160 g/mol. The van der Waals surface area contributed by atoms with Gasteiger partial charge >= 0.3 is 37.6 Å². The van der Waals surface area contributed by atoms with Gasteiger partial charge in [-0.2, -0.15) is 0 Å². The number of anilines is 1. The molecule has 1 heterocycles. The number of ether oxygens (including phenoxy) is 19. The van der Waals surface area contributed by atoms with Crippen molar-refractivity contribution >= 4 is 48.9 Å². The van der Waals surface area contributed by atoms with E-state index in [1.54, 1.807) is 0 Å². The molecule has 0 saturated carbocycles. The summed E-state index contributed by atoms with van der Waals surface area (Å²) in [7, 11) is -3.32. The van der Waals surface area contributed by atoms with Gasteiger partial charge in [-0.05, 0) is 29.8 Å². The van der Waals surface area contributed by atoms with Gasteiger partial charge in [0.05, 0.1) is 176 Å². The Labute approximate surface area is 491 Å². The highest BCUT2D eigenvalue weighted by atomic mass is 31.2. The summed E-state index contributed by atoms with van der Waals surface area (Å²) in [6, 6.07) is 8.50. The number of nitrogens with one attached hydrogen (secondary N) is 1. The van der Waals surface area contributed by atoms with E-state index >= 15 is 0 Å². The lowest BCUT2D eigenvalue weighted by Gasteiger charge is -2.43. The molecule has 3 unspecified atom stereocenters. The van der Waals surface area contributed by atoms with Crippen molar-refractivity contribution in [3.05, 3.63) is 58.1 Å². The molecule has 0 bridgehead atoms. The minimum atomic E-state index is -4.32. The van der Waals surface area contributed by atoms with Crippen LogP contribution in [0.4, 0.5) is 16.2 Å². The Morgan fingerprint density at radius 3 is 1.42 bits per heavy atom. The standard InChI is InChI=1S/C53H77N2O29P/c1-6-85(64,78-36-35-76-34-33-75-32-31-74-30-29-73-28-27-72-26-25-71-24-23-70-22-21-69-20-19-68-18-17-67-16-15-66-14-13-56)54-45-37-42(38-77-53(61)82-44-10-8-43(9-11-44)55(62)63)7-12-46(45)83-52-50(81-41(4)59)48(80-40(3)58)47(79-39(2)57)49(84-52)51(60)65-5/h1,7-12,37,47-50,52,56H,13-36,38H2,2-5H3,(H,54,64)/t47-,48+,49?,50?,52-,85?/m1/s1. The van der Waals surface area contributed by atoms with Crippen molar-refractivity contribution in [2.24, 2.45) is 0 Å². The second kappa shape index (κ2) is 44.3. The number of benzene rings is 2. The first-order valence-corrected chi connectivity index (χ1v) is 28.3. The van der Waals surface area contributed by atoms with E-state index in [0.29, 0.717) is 119 Å². The van der Waals surface area contributed by atoms with Crippen molar-refractivity contribution in [1.82, 2.24) is 0 Å². The van der Waals surface area contributed by atoms with E-state index in [2.05, 4.69) is 10.7 Å². The van der Waals surface area contributed by atoms with Crippen LogP contribution < -0.4 is 14.6 Å². The Morgan fingerprint density at radius 2 is 1.02 bits per heavy atom. The summed E-state index contributed by atoms with van der Waals surface area (Å²) in [5.41, 5.74) is 1.82. The molecule has 0 spiro atoms. The lowest BCUT2D eigenvalue weighted by molar-refractivity contribution is -0.384. The lowest BCUT2D eigenvalue weighted by atomic mass is 9.97. The molecule has 478 valence electrons. The first kappa shape index (κ1) is 73.1. The normalized spacial score (nSPS) is 17.2. The van der Waals surface area contributed by atoms with Crippen LogP contribution in [0, 0.1) is 22.2 Å². The maximum atomic E-state index is 14.1. The number of non-ortho nitro benzene ring substituents is 1. The van der Waals surface area contributed by atoms with Crippen molar-refractivity contribution in [1.29, 1.82) is 0 Å². The maximum absolute atomic E-state index is 14.1. The van der Waals surface area contributed by atoms with E-state index in [0.717, 1.165) is 40.0 Å². The first-order chi connectivity index (χ1) is 41.1. The van der Waals surface area contributed by atoms with Crippen LogP contribution in [-0.2, 0) is 115 Å². The molecule has 0 amide bonds. The van der Waals surface area contributed by atoms with Gasteiger partial charge in [-0.3, -0.25) is 29.1 Å². The molecule has 0 aromatic heterocycles. The zero-order valence-electron chi connectivity index (χ0n) is 48.0. The molecule has 1 fully saturated rings. The number of aliphatic hydroxyl groups excluding tert-OH is 1. The molecule has 6 atom stereocenters. The number of carbonyl (C=O) groups excluding carboxylic acids is 5. The number of methoxy groups -OCH3 is 1. The van der Waals surface area contributed by atoms with Gasteiger partial charge in [-0.1, -0.05) is 6.07 Å². The summed E-state index contributed by atoms with van der Waals surface area (Å²) in [5, 5.41) is 22.3. The molecule has 0 radical (unpaired) electrons. The zero-order chi connectivity index (χ0) is 61.9. The van der Waals surface area contributed by atoms with Crippen molar-refractivity contribution < 1.29 is 133 Å². The third-order valence-corrected chi connectivity index (χ3v) is 12.0. The Hall–Kier alpha value is -6.18. The molecule has 1 saturated heterocycles. The average molecular weight is 1240 g/mol. The first-order valence-electron chi connectivity index (χ1n) is 26.7. The highest BCUT2D eigenvalue weighted by Gasteiger charge is 2.56. The smallest absolute Gasteiger partial charge is 0.467 e.